The molecular weight excluding hydrogens is 428 g/mol. The van der Waals surface area contributed by atoms with Gasteiger partial charge in [0.05, 0.1) is 23.6 Å². The van der Waals surface area contributed by atoms with Crippen molar-refractivity contribution in [2.75, 3.05) is 11.5 Å². The van der Waals surface area contributed by atoms with Gasteiger partial charge in [-0.25, -0.2) is 4.98 Å². The first-order valence-electron chi connectivity index (χ1n) is 11.6. The van der Waals surface area contributed by atoms with Crippen LogP contribution in [0.2, 0.25) is 0 Å². The molecule has 1 atom stereocenters. The fourth-order valence-corrected chi connectivity index (χ4v) is 4.41. The number of ether oxygens (including phenoxy) is 1. The van der Waals surface area contributed by atoms with Crippen molar-refractivity contribution in [1.29, 1.82) is 0 Å². The second-order valence-electron chi connectivity index (χ2n) is 8.56. The molecule has 6 nitrogen and oxygen atoms in total. The Morgan fingerprint density at radius 3 is 2.59 bits per heavy atom. The number of carbonyl (C=O) groups excluding carboxylic acids is 1. The molecular formula is C28H26N2O4. The van der Waals surface area contributed by atoms with Crippen LogP contribution in [-0.4, -0.2) is 17.5 Å². The van der Waals surface area contributed by atoms with Gasteiger partial charge < -0.3 is 9.15 Å². The van der Waals surface area contributed by atoms with E-state index in [4.69, 9.17) is 9.15 Å². The largest absolute Gasteiger partial charge is 0.494 e. The van der Waals surface area contributed by atoms with Crippen molar-refractivity contribution >= 4 is 22.7 Å². The van der Waals surface area contributed by atoms with E-state index in [1.165, 1.54) is 0 Å². The summed E-state index contributed by atoms with van der Waals surface area (Å²) in [4.78, 5) is 33.2. The Morgan fingerprint density at radius 2 is 1.82 bits per heavy atom. The maximum absolute atomic E-state index is 13.6. The molecule has 0 fully saturated rings. The van der Waals surface area contributed by atoms with Crippen LogP contribution in [0.1, 0.15) is 59.5 Å². The summed E-state index contributed by atoms with van der Waals surface area (Å²) in [5.41, 5.74) is 2.29. The SMILES string of the molecule is CCCCCOc1ccc([C@H]2c3c(oc4ccccc4c3=O)C(=O)N2c2cc(C)ccn2)cc1. The van der Waals surface area contributed by atoms with E-state index in [0.29, 0.717) is 29.0 Å². The van der Waals surface area contributed by atoms with Crippen LogP contribution in [0.25, 0.3) is 11.0 Å². The van der Waals surface area contributed by atoms with E-state index in [1.807, 2.05) is 43.3 Å². The first kappa shape index (κ1) is 21.9. The van der Waals surface area contributed by atoms with Crippen molar-refractivity contribution in [2.45, 2.75) is 39.2 Å². The number of hydrogen-bond donors (Lipinski definition) is 0. The molecule has 2 aromatic heterocycles. The highest BCUT2D eigenvalue weighted by Crippen LogP contribution is 2.41. The number of para-hydroxylation sites is 1. The second kappa shape index (κ2) is 9.14. The zero-order valence-electron chi connectivity index (χ0n) is 19.3. The van der Waals surface area contributed by atoms with Crippen LogP contribution in [0.5, 0.6) is 5.75 Å². The molecule has 0 bridgehead atoms. The smallest absolute Gasteiger partial charge is 0.296 e. The summed E-state index contributed by atoms with van der Waals surface area (Å²) in [5, 5.41) is 0.453. The summed E-state index contributed by atoms with van der Waals surface area (Å²) >= 11 is 0. The number of carbonyl (C=O) groups is 1. The highest BCUT2D eigenvalue weighted by Gasteiger charge is 2.44. The van der Waals surface area contributed by atoms with E-state index in [9.17, 15) is 9.59 Å². The molecule has 172 valence electrons. The van der Waals surface area contributed by atoms with Gasteiger partial charge in [0.15, 0.2) is 5.43 Å². The van der Waals surface area contributed by atoms with Crippen LogP contribution < -0.4 is 15.1 Å². The number of aromatic nitrogens is 1. The third-order valence-corrected chi connectivity index (χ3v) is 6.14. The minimum Gasteiger partial charge on any atom is -0.494 e. The molecule has 0 spiro atoms. The fraction of sp³-hybridized carbons (Fsp3) is 0.250. The van der Waals surface area contributed by atoms with Gasteiger partial charge in [0.1, 0.15) is 17.2 Å². The zero-order valence-corrected chi connectivity index (χ0v) is 19.3. The molecule has 1 aliphatic heterocycles. The molecule has 34 heavy (non-hydrogen) atoms. The van der Waals surface area contributed by atoms with Gasteiger partial charge in [-0.1, -0.05) is 44.0 Å². The zero-order chi connectivity index (χ0) is 23.7. The molecule has 1 amide bonds. The fourth-order valence-electron chi connectivity index (χ4n) is 4.41. The normalized spacial score (nSPS) is 15.1. The van der Waals surface area contributed by atoms with Crippen molar-refractivity contribution in [1.82, 2.24) is 4.98 Å². The molecule has 0 aliphatic carbocycles. The van der Waals surface area contributed by atoms with E-state index in [2.05, 4.69) is 11.9 Å². The number of aryl methyl sites for hydroxylation is 1. The first-order chi connectivity index (χ1) is 16.6. The molecule has 1 aliphatic rings. The van der Waals surface area contributed by atoms with Gasteiger partial charge in [-0.3, -0.25) is 14.5 Å². The number of rotatable bonds is 7. The maximum atomic E-state index is 13.6. The number of amides is 1. The van der Waals surface area contributed by atoms with Gasteiger partial charge >= 0.3 is 0 Å². The van der Waals surface area contributed by atoms with Crippen molar-refractivity contribution in [3.63, 3.8) is 0 Å². The summed E-state index contributed by atoms with van der Waals surface area (Å²) in [5.74, 6) is 0.928. The maximum Gasteiger partial charge on any atom is 0.296 e. The van der Waals surface area contributed by atoms with Crippen LogP contribution in [0.3, 0.4) is 0 Å². The Hall–Kier alpha value is -3.93. The third-order valence-electron chi connectivity index (χ3n) is 6.14. The van der Waals surface area contributed by atoms with Gasteiger partial charge in [0, 0.05) is 6.20 Å². The molecule has 0 N–H and O–H groups in total. The molecule has 5 rings (SSSR count). The number of hydrogen-bond acceptors (Lipinski definition) is 5. The van der Waals surface area contributed by atoms with E-state index in [0.717, 1.165) is 36.1 Å². The number of nitrogens with zero attached hydrogens (tertiary/aromatic N) is 2. The standard InChI is InChI=1S/C28H26N2O4/c1-3-4-7-16-33-20-12-10-19(11-13-20)25-24-26(31)21-8-5-6-9-22(21)34-27(24)28(32)30(25)23-17-18(2)14-15-29-23/h5-6,8-15,17,25H,3-4,7,16H2,1-2H3/t25-/m0/s1. The highest BCUT2D eigenvalue weighted by molar-refractivity contribution is 6.10. The van der Waals surface area contributed by atoms with E-state index in [-0.39, 0.29) is 17.1 Å². The van der Waals surface area contributed by atoms with Crippen LogP contribution in [0.4, 0.5) is 5.82 Å². The lowest BCUT2D eigenvalue weighted by molar-refractivity contribution is 0.0970. The highest BCUT2D eigenvalue weighted by atomic mass is 16.5. The number of unbranched alkanes of at least 4 members (excludes halogenated alkanes) is 2. The Balaban J connectivity index is 1.61. The van der Waals surface area contributed by atoms with Crippen LogP contribution in [0.15, 0.2) is 76.1 Å². The number of fused-ring (bicyclic) bond motifs is 2. The minimum atomic E-state index is -0.646. The molecule has 6 heteroatoms. The lowest BCUT2D eigenvalue weighted by atomic mass is 9.98. The lowest BCUT2D eigenvalue weighted by Gasteiger charge is -2.24. The summed E-state index contributed by atoms with van der Waals surface area (Å²) < 4.78 is 11.8. The molecule has 2 aromatic carbocycles. The molecule has 4 aromatic rings. The predicted molar refractivity (Wildman–Crippen MR) is 132 cm³/mol. The van der Waals surface area contributed by atoms with Crippen LogP contribution in [-0.2, 0) is 0 Å². The van der Waals surface area contributed by atoms with E-state index >= 15 is 0 Å². The monoisotopic (exact) mass is 454 g/mol. The van der Waals surface area contributed by atoms with Gasteiger partial charge in [0.2, 0.25) is 5.76 Å². The Bertz CT molecular complexity index is 1410. The summed E-state index contributed by atoms with van der Waals surface area (Å²) in [7, 11) is 0. The molecule has 0 radical (unpaired) electrons. The quantitative estimate of drug-likeness (QED) is 0.329. The average Bonchev–Trinajstić information content (AvgIpc) is 3.15. The summed E-state index contributed by atoms with van der Waals surface area (Å²) in [6, 6.07) is 17.6. The van der Waals surface area contributed by atoms with E-state index in [1.54, 1.807) is 35.4 Å². The third kappa shape index (κ3) is 3.85. The Kier molecular flexibility index (Phi) is 5.88. The lowest BCUT2D eigenvalue weighted by Crippen LogP contribution is -2.30. The van der Waals surface area contributed by atoms with Crippen LogP contribution in [0, 0.1) is 6.92 Å². The van der Waals surface area contributed by atoms with Crippen molar-refractivity contribution in [3.05, 3.63) is 99.5 Å². The second-order valence-corrected chi connectivity index (χ2v) is 8.56. The topological polar surface area (TPSA) is 72.6 Å². The van der Waals surface area contributed by atoms with Gasteiger partial charge in [-0.2, -0.15) is 0 Å². The predicted octanol–water partition coefficient (Wildman–Crippen LogP) is 5.82. The molecule has 0 unspecified atom stereocenters. The average molecular weight is 455 g/mol. The molecule has 0 saturated carbocycles. The van der Waals surface area contributed by atoms with Crippen molar-refractivity contribution in [2.24, 2.45) is 0 Å². The molecule has 0 saturated heterocycles. The van der Waals surface area contributed by atoms with Crippen molar-refractivity contribution in [3.8, 4) is 5.75 Å². The van der Waals surface area contributed by atoms with Crippen molar-refractivity contribution < 1.29 is 13.9 Å². The van der Waals surface area contributed by atoms with E-state index < -0.39 is 6.04 Å². The summed E-state index contributed by atoms with van der Waals surface area (Å²) in [6.07, 6.45) is 4.93. The van der Waals surface area contributed by atoms with Gasteiger partial charge in [0.25, 0.3) is 5.91 Å². The van der Waals surface area contributed by atoms with Gasteiger partial charge in [-0.05, 0) is 60.9 Å². The van der Waals surface area contributed by atoms with Gasteiger partial charge in [-0.15, -0.1) is 0 Å². The summed E-state index contributed by atoms with van der Waals surface area (Å²) in [6.45, 7) is 4.76. The number of anilines is 1. The first-order valence-corrected chi connectivity index (χ1v) is 11.6. The number of benzene rings is 2. The minimum absolute atomic E-state index is 0.0666. The Labute approximate surface area is 197 Å². The number of pyridine rings is 1. The molecule has 3 heterocycles. The van der Waals surface area contributed by atoms with Crippen LogP contribution >= 0.6 is 0 Å². The Morgan fingerprint density at radius 1 is 1.03 bits per heavy atom.